The third kappa shape index (κ3) is 3.01. The van der Waals surface area contributed by atoms with Crippen LogP contribution in [-0.4, -0.2) is 18.1 Å². The molecule has 0 radical (unpaired) electrons. The number of esters is 1. The van der Waals surface area contributed by atoms with E-state index in [2.05, 4.69) is 9.72 Å². The van der Waals surface area contributed by atoms with Crippen LogP contribution in [-0.2, 0) is 22.1 Å². The van der Waals surface area contributed by atoms with E-state index in [4.69, 9.17) is 11.6 Å². The number of fused-ring (bicyclic) bond motifs is 1. The molecule has 0 bridgehead atoms. The molecule has 106 valence electrons. The Morgan fingerprint density at radius 3 is 2.65 bits per heavy atom. The first-order valence-corrected chi connectivity index (χ1v) is 5.92. The van der Waals surface area contributed by atoms with Crippen LogP contribution in [0.4, 0.5) is 13.2 Å². The normalized spacial score (nSPS) is 11.7. The first-order valence-electron chi connectivity index (χ1n) is 5.54. The molecule has 0 aliphatic heterocycles. The summed E-state index contributed by atoms with van der Waals surface area (Å²) in [6.45, 7) is 0. The number of halogens is 4. The van der Waals surface area contributed by atoms with Gasteiger partial charge in [0, 0.05) is 5.39 Å². The summed E-state index contributed by atoms with van der Waals surface area (Å²) in [4.78, 5) is 14.7. The highest BCUT2D eigenvalue weighted by molar-refractivity contribution is 6.35. The molecule has 2 aromatic rings. The predicted octanol–water partition coefficient (Wildman–Crippen LogP) is 3.62. The van der Waals surface area contributed by atoms with Crippen molar-refractivity contribution in [3.63, 3.8) is 0 Å². The molecule has 1 heterocycles. The number of alkyl halides is 3. The molecule has 0 N–H and O–H groups in total. The molecular formula is C13H9ClF3NO2. The fourth-order valence-corrected chi connectivity index (χ4v) is 1.98. The molecule has 0 spiro atoms. The molecule has 0 fully saturated rings. The Hall–Kier alpha value is -1.82. The second-order valence-corrected chi connectivity index (χ2v) is 4.50. The lowest BCUT2D eigenvalue weighted by molar-refractivity contribution is -0.141. The van der Waals surface area contributed by atoms with E-state index in [0.29, 0.717) is 10.9 Å². The summed E-state index contributed by atoms with van der Waals surface area (Å²) in [5.41, 5.74) is -0.332. The highest BCUT2D eigenvalue weighted by atomic mass is 35.5. The maximum Gasteiger partial charge on any atom is 0.433 e. The van der Waals surface area contributed by atoms with Crippen LogP contribution < -0.4 is 0 Å². The Kier molecular flexibility index (Phi) is 3.85. The van der Waals surface area contributed by atoms with E-state index >= 15 is 0 Å². The zero-order valence-electron chi connectivity index (χ0n) is 10.3. The van der Waals surface area contributed by atoms with Gasteiger partial charge in [0.2, 0.25) is 0 Å². The van der Waals surface area contributed by atoms with Crippen LogP contribution in [0.5, 0.6) is 0 Å². The van der Waals surface area contributed by atoms with Crippen molar-refractivity contribution in [3.05, 3.63) is 40.5 Å². The third-order valence-corrected chi connectivity index (χ3v) is 3.00. The number of carbonyl (C=O) groups excluding carboxylic acids is 1. The van der Waals surface area contributed by atoms with E-state index in [1.807, 2.05) is 0 Å². The monoisotopic (exact) mass is 303 g/mol. The number of methoxy groups -OCH3 is 1. The topological polar surface area (TPSA) is 39.2 Å². The van der Waals surface area contributed by atoms with Gasteiger partial charge in [0.05, 0.1) is 24.1 Å². The summed E-state index contributed by atoms with van der Waals surface area (Å²) in [6, 6.07) is 5.21. The van der Waals surface area contributed by atoms with Gasteiger partial charge >= 0.3 is 12.1 Å². The molecule has 3 nitrogen and oxygen atoms in total. The lowest BCUT2D eigenvalue weighted by Gasteiger charge is -2.09. The predicted molar refractivity (Wildman–Crippen MR) is 67.5 cm³/mol. The van der Waals surface area contributed by atoms with Crippen molar-refractivity contribution in [1.29, 1.82) is 0 Å². The van der Waals surface area contributed by atoms with Gasteiger partial charge in [0.25, 0.3) is 0 Å². The van der Waals surface area contributed by atoms with Gasteiger partial charge < -0.3 is 4.74 Å². The van der Waals surface area contributed by atoms with E-state index in [1.165, 1.54) is 25.3 Å². The largest absolute Gasteiger partial charge is 0.469 e. The van der Waals surface area contributed by atoms with Gasteiger partial charge in [-0.15, -0.1) is 0 Å². The van der Waals surface area contributed by atoms with E-state index in [0.717, 1.165) is 6.07 Å². The molecule has 0 aliphatic carbocycles. The van der Waals surface area contributed by atoms with Crippen LogP contribution in [0.3, 0.4) is 0 Å². The summed E-state index contributed by atoms with van der Waals surface area (Å²) in [7, 11) is 1.26. The first-order chi connectivity index (χ1) is 9.31. The second kappa shape index (κ2) is 5.28. The Balaban J connectivity index is 2.49. The Bertz CT molecular complexity index is 670. The van der Waals surface area contributed by atoms with E-state index in [-0.39, 0.29) is 17.0 Å². The molecule has 0 saturated carbocycles. The van der Waals surface area contributed by atoms with Crippen LogP contribution in [0.25, 0.3) is 10.9 Å². The summed E-state index contributed by atoms with van der Waals surface area (Å²) in [5, 5.41) is 0.301. The van der Waals surface area contributed by atoms with Crippen molar-refractivity contribution >= 4 is 28.5 Å². The number of ether oxygens (including phenoxy) is 1. The SMILES string of the molecule is COC(=O)Cc1ccc2nc(C(F)(F)F)cc(Cl)c2c1. The Morgan fingerprint density at radius 2 is 2.05 bits per heavy atom. The van der Waals surface area contributed by atoms with Crippen LogP contribution in [0, 0.1) is 0 Å². The summed E-state index contributed by atoms with van der Waals surface area (Å²) >= 11 is 5.85. The van der Waals surface area contributed by atoms with Gasteiger partial charge in [0.15, 0.2) is 0 Å². The second-order valence-electron chi connectivity index (χ2n) is 4.09. The summed E-state index contributed by atoms with van der Waals surface area (Å²) in [6.07, 6.45) is -4.54. The lowest BCUT2D eigenvalue weighted by Crippen LogP contribution is -2.08. The lowest BCUT2D eigenvalue weighted by atomic mass is 10.1. The van der Waals surface area contributed by atoms with Crippen molar-refractivity contribution in [2.24, 2.45) is 0 Å². The Labute approximate surface area is 117 Å². The number of carbonyl (C=O) groups is 1. The van der Waals surface area contributed by atoms with E-state index < -0.39 is 17.8 Å². The molecule has 0 saturated heterocycles. The number of pyridine rings is 1. The van der Waals surface area contributed by atoms with Crippen LogP contribution in [0.1, 0.15) is 11.3 Å². The third-order valence-electron chi connectivity index (χ3n) is 2.69. The molecule has 0 amide bonds. The van der Waals surface area contributed by atoms with Gasteiger partial charge in [-0.25, -0.2) is 4.98 Å². The van der Waals surface area contributed by atoms with Crippen LogP contribution in [0.15, 0.2) is 24.3 Å². The number of nitrogens with zero attached hydrogens (tertiary/aromatic N) is 1. The number of rotatable bonds is 2. The maximum absolute atomic E-state index is 12.6. The minimum absolute atomic E-state index is 0.0176. The van der Waals surface area contributed by atoms with Crippen LogP contribution >= 0.6 is 11.6 Å². The molecule has 7 heteroatoms. The van der Waals surface area contributed by atoms with Crippen molar-refractivity contribution < 1.29 is 22.7 Å². The minimum Gasteiger partial charge on any atom is -0.469 e. The average Bonchev–Trinajstić information content (AvgIpc) is 2.38. The van der Waals surface area contributed by atoms with E-state index in [9.17, 15) is 18.0 Å². The van der Waals surface area contributed by atoms with Crippen molar-refractivity contribution in [2.45, 2.75) is 12.6 Å². The molecule has 20 heavy (non-hydrogen) atoms. The van der Waals surface area contributed by atoms with E-state index in [1.54, 1.807) is 0 Å². The quantitative estimate of drug-likeness (QED) is 0.795. The summed E-state index contributed by atoms with van der Waals surface area (Å²) < 4.78 is 42.4. The molecular weight excluding hydrogens is 295 g/mol. The van der Waals surface area contributed by atoms with Crippen molar-refractivity contribution in [3.8, 4) is 0 Å². The molecule has 1 aromatic carbocycles. The van der Waals surface area contributed by atoms with Gasteiger partial charge in [0.1, 0.15) is 5.69 Å². The van der Waals surface area contributed by atoms with Gasteiger partial charge in [-0.2, -0.15) is 13.2 Å². The smallest absolute Gasteiger partial charge is 0.433 e. The fraction of sp³-hybridized carbons (Fsp3) is 0.231. The summed E-state index contributed by atoms with van der Waals surface area (Å²) in [5.74, 6) is -0.444. The van der Waals surface area contributed by atoms with Gasteiger partial charge in [-0.3, -0.25) is 4.79 Å². The highest BCUT2D eigenvalue weighted by Crippen LogP contribution is 2.33. The van der Waals surface area contributed by atoms with Crippen LogP contribution in [0.2, 0.25) is 5.02 Å². The molecule has 0 aliphatic rings. The first kappa shape index (κ1) is 14.6. The zero-order chi connectivity index (χ0) is 14.9. The van der Waals surface area contributed by atoms with Gasteiger partial charge in [-0.1, -0.05) is 17.7 Å². The number of benzene rings is 1. The standard InChI is InChI=1S/C13H9ClF3NO2/c1-20-12(19)5-7-2-3-10-8(4-7)9(14)6-11(18-10)13(15,16)17/h2-4,6H,5H2,1H3. The van der Waals surface area contributed by atoms with Gasteiger partial charge in [-0.05, 0) is 23.8 Å². The fourth-order valence-electron chi connectivity index (χ4n) is 1.73. The highest BCUT2D eigenvalue weighted by Gasteiger charge is 2.33. The van der Waals surface area contributed by atoms with Crippen molar-refractivity contribution in [1.82, 2.24) is 4.98 Å². The van der Waals surface area contributed by atoms with Crippen molar-refractivity contribution in [2.75, 3.05) is 7.11 Å². The zero-order valence-corrected chi connectivity index (χ0v) is 11.0. The molecule has 0 unspecified atom stereocenters. The minimum atomic E-state index is -4.55. The number of aromatic nitrogens is 1. The average molecular weight is 304 g/mol. The molecule has 0 atom stereocenters. The number of hydrogen-bond acceptors (Lipinski definition) is 3. The molecule has 1 aromatic heterocycles. The maximum atomic E-state index is 12.6. The Morgan fingerprint density at radius 1 is 1.35 bits per heavy atom. The number of hydrogen-bond donors (Lipinski definition) is 0. The molecule has 2 rings (SSSR count).